The largest absolute Gasteiger partial charge is 0.399 e. The summed E-state index contributed by atoms with van der Waals surface area (Å²) in [5.41, 5.74) is 7.69. The second-order valence-electron chi connectivity index (χ2n) is 4.15. The third-order valence-electron chi connectivity index (χ3n) is 2.65. The minimum atomic E-state index is -3.56. The number of hydrogen-bond acceptors (Lipinski definition) is 4. The van der Waals surface area contributed by atoms with E-state index in [0.29, 0.717) is 16.3 Å². The number of anilines is 2. The summed E-state index contributed by atoms with van der Waals surface area (Å²) in [5.74, 6) is 0. The van der Waals surface area contributed by atoms with E-state index in [1.807, 2.05) is 6.92 Å². The van der Waals surface area contributed by atoms with Crippen molar-refractivity contribution in [3.8, 4) is 0 Å². The van der Waals surface area contributed by atoms with Crippen LogP contribution in [-0.2, 0) is 10.0 Å². The van der Waals surface area contributed by atoms with Crippen LogP contribution in [0.15, 0.2) is 32.9 Å². The van der Waals surface area contributed by atoms with Crippen molar-refractivity contribution >= 4 is 48.7 Å². The standard InChI is InChI=1S/C12H13BrN2O2S2/c1-7-5-9(3-4-10(7)14)15-19(16,17)11-6-12(13)18-8(11)2/h3-6,15H,14H2,1-2H3. The van der Waals surface area contributed by atoms with Gasteiger partial charge in [0.1, 0.15) is 4.90 Å². The van der Waals surface area contributed by atoms with Gasteiger partial charge in [-0.1, -0.05) is 0 Å². The monoisotopic (exact) mass is 360 g/mol. The predicted molar refractivity (Wildman–Crippen MR) is 83.2 cm³/mol. The Labute approximate surface area is 124 Å². The summed E-state index contributed by atoms with van der Waals surface area (Å²) >= 11 is 4.68. The smallest absolute Gasteiger partial charge is 0.263 e. The molecule has 0 saturated heterocycles. The van der Waals surface area contributed by atoms with Crippen LogP contribution in [0.5, 0.6) is 0 Å². The molecule has 4 nitrogen and oxygen atoms in total. The molecule has 0 bridgehead atoms. The molecular formula is C12H13BrN2O2S2. The topological polar surface area (TPSA) is 72.2 Å². The number of sulfonamides is 1. The molecule has 0 radical (unpaired) electrons. The highest BCUT2D eigenvalue weighted by Gasteiger charge is 2.19. The van der Waals surface area contributed by atoms with Gasteiger partial charge in [0.15, 0.2) is 0 Å². The van der Waals surface area contributed by atoms with Gasteiger partial charge in [-0.25, -0.2) is 8.42 Å². The molecule has 1 aromatic carbocycles. The average molecular weight is 361 g/mol. The molecule has 0 fully saturated rings. The van der Waals surface area contributed by atoms with Crippen molar-refractivity contribution in [3.63, 3.8) is 0 Å². The minimum absolute atomic E-state index is 0.291. The molecule has 19 heavy (non-hydrogen) atoms. The molecule has 7 heteroatoms. The molecule has 0 saturated carbocycles. The molecule has 1 aromatic heterocycles. The molecule has 0 aliphatic carbocycles. The normalized spacial score (nSPS) is 11.5. The number of nitrogens with two attached hydrogens (primary N) is 1. The van der Waals surface area contributed by atoms with Crippen molar-refractivity contribution in [2.24, 2.45) is 0 Å². The molecule has 102 valence electrons. The van der Waals surface area contributed by atoms with Crippen LogP contribution in [0.25, 0.3) is 0 Å². The van der Waals surface area contributed by atoms with E-state index >= 15 is 0 Å². The summed E-state index contributed by atoms with van der Waals surface area (Å²) in [7, 11) is -3.56. The van der Waals surface area contributed by atoms with E-state index in [0.717, 1.165) is 14.2 Å². The number of nitrogen functional groups attached to an aromatic ring is 1. The van der Waals surface area contributed by atoms with Gasteiger partial charge in [-0.05, 0) is 59.6 Å². The zero-order valence-electron chi connectivity index (χ0n) is 10.4. The average Bonchev–Trinajstić information content (AvgIpc) is 2.63. The minimum Gasteiger partial charge on any atom is -0.399 e. The first-order valence-electron chi connectivity index (χ1n) is 5.44. The number of thiophene rings is 1. The highest BCUT2D eigenvalue weighted by atomic mass is 79.9. The fraction of sp³-hybridized carbons (Fsp3) is 0.167. The Morgan fingerprint density at radius 1 is 1.26 bits per heavy atom. The van der Waals surface area contributed by atoms with E-state index in [9.17, 15) is 8.42 Å². The van der Waals surface area contributed by atoms with Crippen LogP contribution in [0.4, 0.5) is 11.4 Å². The Morgan fingerprint density at radius 3 is 2.47 bits per heavy atom. The van der Waals surface area contributed by atoms with E-state index in [2.05, 4.69) is 20.7 Å². The molecule has 0 spiro atoms. The summed E-state index contributed by atoms with van der Waals surface area (Å²) in [6.07, 6.45) is 0. The van der Waals surface area contributed by atoms with Crippen molar-refractivity contribution in [3.05, 3.63) is 38.5 Å². The van der Waals surface area contributed by atoms with Crippen molar-refractivity contribution in [1.29, 1.82) is 0 Å². The first-order chi connectivity index (χ1) is 8.79. The van der Waals surface area contributed by atoms with E-state index in [4.69, 9.17) is 5.73 Å². The number of hydrogen-bond donors (Lipinski definition) is 2. The van der Waals surface area contributed by atoms with E-state index in [1.165, 1.54) is 11.3 Å². The van der Waals surface area contributed by atoms with Crippen molar-refractivity contribution in [2.75, 3.05) is 10.5 Å². The Bertz CT molecular complexity index is 723. The van der Waals surface area contributed by atoms with Gasteiger partial charge in [0.25, 0.3) is 10.0 Å². The maximum Gasteiger partial charge on any atom is 0.263 e. The number of nitrogens with one attached hydrogen (secondary N) is 1. The Kier molecular flexibility index (Phi) is 3.89. The Morgan fingerprint density at radius 2 is 1.95 bits per heavy atom. The van der Waals surface area contributed by atoms with Crippen LogP contribution in [0.1, 0.15) is 10.4 Å². The van der Waals surface area contributed by atoms with E-state index in [-0.39, 0.29) is 0 Å². The highest BCUT2D eigenvalue weighted by molar-refractivity contribution is 9.11. The number of rotatable bonds is 3. The Balaban J connectivity index is 2.36. The lowest BCUT2D eigenvalue weighted by atomic mass is 10.2. The molecule has 0 atom stereocenters. The third kappa shape index (κ3) is 3.10. The summed E-state index contributed by atoms with van der Waals surface area (Å²) in [4.78, 5) is 1.03. The van der Waals surface area contributed by atoms with Crippen LogP contribution < -0.4 is 10.5 Å². The van der Waals surface area contributed by atoms with Crippen LogP contribution in [-0.4, -0.2) is 8.42 Å². The summed E-state index contributed by atoms with van der Waals surface area (Å²) in [6.45, 7) is 3.61. The van der Waals surface area contributed by atoms with Gasteiger partial charge in [-0.2, -0.15) is 0 Å². The molecule has 0 amide bonds. The number of halogens is 1. The van der Waals surface area contributed by atoms with E-state index in [1.54, 1.807) is 31.2 Å². The molecule has 2 aromatic rings. The van der Waals surface area contributed by atoms with Gasteiger partial charge in [0.2, 0.25) is 0 Å². The maximum absolute atomic E-state index is 12.3. The van der Waals surface area contributed by atoms with Gasteiger partial charge >= 0.3 is 0 Å². The predicted octanol–water partition coefficient (Wildman–Crippen LogP) is 3.51. The first-order valence-corrected chi connectivity index (χ1v) is 8.54. The zero-order chi connectivity index (χ0) is 14.2. The first kappa shape index (κ1) is 14.4. The van der Waals surface area contributed by atoms with Crippen molar-refractivity contribution in [2.45, 2.75) is 18.7 Å². The zero-order valence-corrected chi connectivity index (χ0v) is 13.6. The van der Waals surface area contributed by atoms with Crippen LogP contribution in [0.2, 0.25) is 0 Å². The van der Waals surface area contributed by atoms with Crippen LogP contribution >= 0.6 is 27.3 Å². The SMILES string of the molecule is Cc1cc(NS(=O)(=O)c2cc(Br)sc2C)ccc1N. The highest BCUT2D eigenvalue weighted by Crippen LogP contribution is 2.31. The van der Waals surface area contributed by atoms with Crippen LogP contribution in [0.3, 0.4) is 0 Å². The molecule has 1 heterocycles. The number of benzene rings is 1. The van der Waals surface area contributed by atoms with Gasteiger partial charge in [-0.3, -0.25) is 4.72 Å². The second kappa shape index (κ2) is 5.15. The lowest BCUT2D eigenvalue weighted by Crippen LogP contribution is -2.13. The Hall–Kier alpha value is -1.05. The molecule has 0 aliphatic heterocycles. The molecule has 0 unspecified atom stereocenters. The molecule has 2 rings (SSSR count). The van der Waals surface area contributed by atoms with Gasteiger partial charge in [0.05, 0.1) is 3.79 Å². The second-order valence-corrected chi connectivity index (χ2v) is 8.43. The summed E-state index contributed by atoms with van der Waals surface area (Å²) in [6, 6.07) is 6.65. The molecule has 3 N–H and O–H groups in total. The van der Waals surface area contributed by atoms with Gasteiger partial charge in [0, 0.05) is 16.3 Å². The lowest BCUT2D eigenvalue weighted by molar-refractivity contribution is 0.601. The molecule has 0 aliphatic rings. The van der Waals surface area contributed by atoms with E-state index < -0.39 is 10.0 Å². The lowest BCUT2D eigenvalue weighted by Gasteiger charge is -2.09. The quantitative estimate of drug-likeness (QED) is 0.822. The van der Waals surface area contributed by atoms with Crippen molar-refractivity contribution < 1.29 is 8.42 Å². The van der Waals surface area contributed by atoms with Gasteiger partial charge in [-0.15, -0.1) is 11.3 Å². The summed E-state index contributed by atoms with van der Waals surface area (Å²) < 4.78 is 27.9. The van der Waals surface area contributed by atoms with Crippen molar-refractivity contribution in [1.82, 2.24) is 0 Å². The van der Waals surface area contributed by atoms with Gasteiger partial charge < -0.3 is 5.73 Å². The fourth-order valence-electron chi connectivity index (χ4n) is 1.65. The fourth-order valence-corrected chi connectivity index (χ4v) is 5.11. The maximum atomic E-state index is 12.3. The number of aryl methyl sites for hydroxylation is 2. The summed E-state index contributed by atoms with van der Waals surface area (Å²) in [5, 5.41) is 0. The van der Waals surface area contributed by atoms with Crippen LogP contribution in [0, 0.1) is 13.8 Å². The molecular weight excluding hydrogens is 348 g/mol. The third-order valence-corrected chi connectivity index (χ3v) is 5.84.